The van der Waals surface area contributed by atoms with Crippen molar-refractivity contribution in [2.45, 2.75) is 5.66 Å². The van der Waals surface area contributed by atoms with E-state index in [-0.39, 0.29) is 5.91 Å². The summed E-state index contributed by atoms with van der Waals surface area (Å²) in [6.45, 7) is 5.72. The van der Waals surface area contributed by atoms with Crippen LogP contribution in [0.3, 0.4) is 0 Å². The summed E-state index contributed by atoms with van der Waals surface area (Å²) in [5.74, 6) is 0.0532. The quantitative estimate of drug-likeness (QED) is 0.860. The van der Waals surface area contributed by atoms with Gasteiger partial charge < -0.3 is 14.8 Å². The number of morpholine rings is 2. The number of carbonyl (C=O) groups is 1. The summed E-state index contributed by atoms with van der Waals surface area (Å²) in [6.07, 6.45) is 0. The Morgan fingerprint density at radius 1 is 0.909 bits per heavy atom. The Balaban J connectivity index is 1.82. The molecule has 1 amide bonds. The van der Waals surface area contributed by atoms with Crippen molar-refractivity contribution in [3.05, 3.63) is 29.8 Å². The summed E-state index contributed by atoms with van der Waals surface area (Å²) in [5.41, 5.74) is 1.26. The molecule has 6 heteroatoms. The molecule has 3 aliphatic heterocycles. The lowest BCUT2D eigenvalue weighted by Gasteiger charge is -2.49. The molecule has 3 aliphatic rings. The smallest absolute Gasteiger partial charge is 0.264 e. The number of hydrogen-bond acceptors (Lipinski definition) is 5. The molecule has 0 bridgehead atoms. The lowest BCUT2D eigenvalue weighted by atomic mass is 9.95. The first-order valence-electron chi connectivity index (χ1n) is 7.90. The second-order valence-corrected chi connectivity index (χ2v) is 5.87. The molecule has 118 valence electrons. The third-order valence-corrected chi connectivity index (χ3v) is 4.80. The first kappa shape index (κ1) is 14.1. The monoisotopic (exact) mass is 303 g/mol. The van der Waals surface area contributed by atoms with Gasteiger partial charge in [0.25, 0.3) is 5.91 Å². The van der Waals surface area contributed by atoms with E-state index in [1.807, 2.05) is 18.2 Å². The third kappa shape index (κ3) is 1.99. The SMILES string of the molecule is O=C1Nc2ccccc2C1(N1CCOCC1)N1CCOCC1. The van der Waals surface area contributed by atoms with Crippen LogP contribution in [0.4, 0.5) is 5.69 Å². The lowest BCUT2D eigenvalue weighted by Crippen LogP contribution is -2.66. The first-order valence-corrected chi connectivity index (χ1v) is 7.90. The molecule has 0 aliphatic carbocycles. The van der Waals surface area contributed by atoms with Crippen LogP contribution < -0.4 is 5.32 Å². The molecule has 2 saturated heterocycles. The van der Waals surface area contributed by atoms with E-state index >= 15 is 0 Å². The van der Waals surface area contributed by atoms with Crippen molar-refractivity contribution in [3.8, 4) is 0 Å². The van der Waals surface area contributed by atoms with Crippen molar-refractivity contribution in [1.82, 2.24) is 9.80 Å². The van der Waals surface area contributed by atoms with Crippen LogP contribution >= 0.6 is 0 Å². The van der Waals surface area contributed by atoms with Gasteiger partial charge >= 0.3 is 0 Å². The molecule has 0 spiro atoms. The van der Waals surface area contributed by atoms with Gasteiger partial charge in [-0.2, -0.15) is 0 Å². The molecular weight excluding hydrogens is 282 g/mol. The maximum absolute atomic E-state index is 13.1. The second-order valence-electron chi connectivity index (χ2n) is 5.87. The van der Waals surface area contributed by atoms with Gasteiger partial charge in [-0.25, -0.2) is 0 Å². The fourth-order valence-corrected chi connectivity index (χ4v) is 3.83. The van der Waals surface area contributed by atoms with Crippen molar-refractivity contribution in [3.63, 3.8) is 0 Å². The summed E-state index contributed by atoms with van der Waals surface area (Å²) in [4.78, 5) is 17.6. The summed E-state index contributed by atoms with van der Waals surface area (Å²) < 4.78 is 11.0. The highest BCUT2D eigenvalue weighted by molar-refractivity contribution is 6.05. The molecule has 6 nitrogen and oxygen atoms in total. The van der Waals surface area contributed by atoms with E-state index in [9.17, 15) is 4.79 Å². The normalized spacial score (nSPS) is 25.7. The number of fused-ring (bicyclic) bond motifs is 1. The maximum Gasteiger partial charge on any atom is 0.264 e. The number of nitrogens with one attached hydrogen (secondary N) is 1. The largest absolute Gasteiger partial charge is 0.379 e. The van der Waals surface area contributed by atoms with Gasteiger partial charge in [0.15, 0.2) is 5.66 Å². The Morgan fingerprint density at radius 2 is 1.45 bits per heavy atom. The van der Waals surface area contributed by atoms with E-state index in [1.54, 1.807) is 0 Å². The van der Waals surface area contributed by atoms with E-state index < -0.39 is 5.66 Å². The van der Waals surface area contributed by atoms with Crippen LogP contribution in [0.1, 0.15) is 5.56 Å². The zero-order chi connectivity index (χ0) is 15.0. The Bertz CT molecular complexity index is 548. The zero-order valence-electron chi connectivity index (χ0n) is 12.6. The Kier molecular flexibility index (Phi) is 3.62. The van der Waals surface area contributed by atoms with Gasteiger partial charge in [0.1, 0.15) is 0 Å². The first-order chi connectivity index (χ1) is 10.8. The number of rotatable bonds is 2. The molecule has 0 aromatic heterocycles. The Morgan fingerprint density at radius 3 is 2.05 bits per heavy atom. The predicted molar refractivity (Wildman–Crippen MR) is 81.5 cm³/mol. The van der Waals surface area contributed by atoms with Gasteiger partial charge in [0.05, 0.1) is 26.4 Å². The number of amides is 1. The molecule has 0 unspecified atom stereocenters. The molecule has 2 fully saturated rings. The predicted octanol–water partition coefficient (Wildman–Crippen LogP) is 0.456. The summed E-state index contributed by atoms with van der Waals surface area (Å²) in [6, 6.07) is 8.02. The molecule has 1 N–H and O–H groups in total. The van der Waals surface area contributed by atoms with E-state index in [0.29, 0.717) is 26.4 Å². The standard InChI is InChI=1S/C16H21N3O3/c20-15-16(18-5-9-21-10-6-18,19-7-11-22-12-8-19)13-3-1-2-4-14(13)17-15/h1-4H,5-12H2,(H,17,20). The maximum atomic E-state index is 13.1. The van der Waals surface area contributed by atoms with E-state index in [1.165, 1.54) is 0 Å². The molecule has 1 aromatic rings. The minimum absolute atomic E-state index is 0.0532. The van der Waals surface area contributed by atoms with Crippen LogP contribution in [0, 0.1) is 0 Å². The minimum atomic E-state index is -0.718. The third-order valence-electron chi connectivity index (χ3n) is 4.80. The van der Waals surface area contributed by atoms with Gasteiger partial charge in [-0.15, -0.1) is 0 Å². The van der Waals surface area contributed by atoms with E-state index in [2.05, 4.69) is 21.2 Å². The van der Waals surface area contributed by atoms with Gasteiger partial charge in [-0.05, 0) is 6.07 Å². The van der Waals surface area contributed by atoms with Gasteiger partial charge in [0, 0.05) is 37.4 Å². The number of para-hydroxylation sites is 1. The highest BCUT2D eigenvalue weighted by atomic mass is 16.5. The van der Waals surface area contributed by atoms with Crippen molar-refractivity contribution in [2.24, 2.45) is 0 Å². The minimum Gasteiger partial charge on any atom is -0.379 e. The molecule has 0 atom stereocenters. The number of benzene rings is 1. The van der Waals surface area contributed by atoms with Gasteiger partial charge in [-0.3, -0.25) is 14.6 Å². The van der Waals surface area contributed by atoms with Gasteiger partial charge in [-0.1, -0.05) is 18.2 Å². The lowest BCUT2D eigenvalue weighted by molar-refractivity contribution is -0.160. The molecule has 1 aromatic carbocycles. The van der Waals surface area contributed by atoms with Crippen LogP contribution in [0.25, 0.3) is 0 Å². The number of anilines is 1. The summed E-state index contributed by atoms with van der Waals surface area (Å²) >= 11 is 0. The van der Waals surface area contributed by atoms with Crippen molar-refractivity contribution in [2.75, 3.05) is 57.9 Å². The highest BCUT2D eigenvalue weighted by Crippen LogP contribution is 2.43. The average Bonchev–Trinajstić information content (AvgIpc) is 2.89. The van der Waals surface area contributed by atoms with Gasteiger partial charge in [0.2, 0.25) is 0 Å². The van der Waals surface area contributed by atoms with Crippen molar-refractivity contribution in [1.29, 1.82) is 0 Å². The highest BCUT2D eigenvalue weighted by Gasteiger charge is 2.55. The number of carbonyl (C=O) groups excluding carboxylic acids is 1. The summed E-state index contributed by atoms with van der Waals surface area (Å²) in [7, 11) is 0. The van der Waals surface area contributed by atoms with Crippen molar-refractivity contribution >= 4 is 11.6 Å². The second kappa shape index (κ2) is 5.62. The zero-order valence-corrected chi connectivity index (χ0v) is 12.6. The van der Waals surface area contributed by atoms with Crippen LogP contribution in [0.5, 0.6) is 0 Å². The number of ether oxygens (including phenoxy) is 2. The molecule has 0 saturated carbocycles. The number of hydrogen-bond donors (Lipinski definition) is 1. The average molecular weight is 303 g/mol. The molecule has 3 heterocycles. The van der Waals surface area contributed by atoms with Crippen LogP contribution in [0.15, 0.2) is 24.3 Å². The Labute approximate surface area is 130 Å². The topological polar surface area (TPSA) is 54.0 Å². The molecule has 22 heavy (non-hydrogen) atoms. The van der Waals surface area contributed by atoms with Crippen molar-refractivity contribution < 1.29 is 14.3 Å². The van der Waals surface area contributed by atoms with Crippen LogP contribution in [0.2, 0.25) is 0 Å². The van der Waals surface area contributed by atoms with Crippen LogP contribution in [-0.2, 0) is 19.9 Å². The molecule has 4 rings (SSSR count). The summed E-state index contributed by atoms with van der Waals surface area (Å²) in [5, 5.41) is 3.08. The Hall–Kier alpha value is -1.47. The van der Waals surface area contributed by atoms with E-state index in [4.69, 9.17) is 9.47 Å². The molecule has 0 radical (unpaired) electrons. The number of nitrogens with zero attached hydrogens (tertiary/aromatic N) is 2. The molecular formula is C16H21N3O3. The van der Waals surface area contributed by atoms with E-state index in [0.717, 1.165) is 37.4 Å². The van der Waals surface area contributed by atoms with Crippen LogP contribution in [-0.4, -0.2) is 68.3 Å². The fourth-order valence-electron chi connectivity index (χ4n) is 3.83. The fraction of sp³-hybridized carbons (Fsp3) is 0.562.